The van der Waals surface area contributed by atoms with Crippen molar-refractivity contribution in [3.63, 3.8) is 0 Å². The van der Waals surface area contributed by atoms with Crippen LogP contribution < -0.4 is 5.32 Å². The van der Waals surface area contributed by atoms with Crippen LogP contribution in [0.3, 0.4) is 0 Å². The van der Waals surface area contributed by atoms with Gasteiger partial charge in [-0.2, -0.15) is 0 Å². The molecule has 2 saturated heterocycles. The number of piperazine rings is 1. The van der Waals surface area contributed by atoms with E-state index < -0.39 is 0 Å². The van der Waals surface area contributed by atoms with Gasteiger partial charge in [-0.25, -0.2) is 0 Å². The lowest BCUT2D eigenvalue weighted by Gasteiger charge is -2.29. The predicted molar refractivity (Wildman–Crippen MR) is 61.3 cm³/mol. The molecule has 5 nitrogen and oxygen atoms in total. The highest BCUT2D eigenvalue weighted by Crippen LogP contribution is 2.01. The van der Waals surface area contributed by atoms with Crippen molar-refractivity contribution < 1.29 is 9.53 Å². The average molecular weight is 227 g/mol. The summed E-state index contributed by atoms with van der Waals surface area (Å²) < 4.78 is 5.35. The third kappa shape index (κ3) is 3.43. The van der Waals surface area contributed by atoms with Crippen LogP contribution in [0.2, 0.25) is 0 Å². The molecule has 0 aromatic heterocycles. The highest BCUT2D eigenvalue weighted by molar-refractivity contribution is 5.78. The molecule has 0 radical (unpaired) electrons. The first-order valence-electron chi connectivity index (χ1n) is 6.15. The Kier molecular flexibility index (Phi) is 4.56. The molecule has 2 aliphatic heterocycles. The van der Waals surface area contributed by atoms with Crippen LogP contribution in [0.25, 0.3) is 0 Å². The number of nitrogens with one attached hydrogen (secondary N) is 1. The van der Waals surface area contributed by atoms with Gasteiger partial charge in [0.2, 0.25) is 5.91 Å². The molecule has 2 aliphatic rings. The van der Waals surface area contributed by atoms with Crippen LogP contribution in [0.4, 0.5) is 0 Å². The molecule has 1 N–H and O–H groups in total. The summed E-state index contributed by atoms with van der Waals surface area (Å²) in [5.74, 6) is 0.257. The maximum Gasteiger partial charge on any atom is 0.236 e. The van der Waals surface area contributed by atoms with Crippen molar-refractivity contribution in [2.45, 2.75) is 6.42 Å². The number of carbonyl (C=O) groups is 1. The van der Waals surface area contributed by atoms with Crippen LogP contribution in [0.1, 0.15) is 6.42 Å². The fourth-order valence-corrected chi connectivity index (χ4v) is 2.16. The zero-order valence-corrected chi connectivity index (χ0v) is 9.78. The van der Waals surface area contributed by atoms with E-state index in [-0.39, 0.29) is 5.91 Å². The number of ether oxygens (including phenoxy) is 1. The standard InChI is InChI=1S/C11H21N3O2/c15-11(10-13-5-2-12-3-6-13)14-4-1-8-16-9-7-14/h12H,1-10H2. The molecule has 0 saturated carbocycles. The highest BCUT2D eigenvalue weighted by Gasteiger charge is 2.19. The zero-order valence-electron chi connectivity index (χ0n) is 9.78. The summed E-state index contributed by atoms with van der Waals surface area (Å²) in [5.41, 5.74) is 0. The molecule has 16 heavy (non-hydrogen) atoms. The van der Waals surface area contributed by atoms with Gasteiger partial charge >= 0.3 is 0 Å². The normalized spacial score (nSPS) is 24.1. The van der Waals surface area contributed by atoms with E-state index in [9.17, 15) is 4.79 Å². The van der Waals surface area contributed by atoms with Gasteiger partial charge < -0.3 is 15.0 Å². The second-order valence-electron chi connectivity index (χ2n) is 4.37. The number of carbonyl (C=O) groups excluding carboxylic acids is 1. The molecule has 1 amide bonds. The quantitative estimate of drug-likeness (QED) is 0.667. The van der Waals surface area contributed by atoms with Gasteiger partial charge in [-0.15, -0.1) is 0 Å². The average Bonchev–Trinajstić information content (AvgIpc) is 2.59. The fraction of sp³-hybridized carbons (Fsp3) is 0.909. The Morgan fingerprint density at radius 2 is 1.94 bits per heavy atom. The minimum Gasteiger partial charge on any atom is -0.380 e. The van der Waals surface area contributed by atoms with Gasteiger partial charge in [0.25, 0.3) is 0 Å². The van der Waals surface area contributed by atoms with E-state index in [1.165, 1.54) is 0 Å². The van der Waals surface area contributed by atoms with Crippen LogP contribution in [0, 0.1) is 0 Å². The van der Waals surface area contributed by atoms with Crippen molar-refractivity contribution in [1.29, 1.82) is 0 Å². The number of rotatable bonds is 2. The summed E-state index contributed by atoms with van der Waals surface area (Å²) in [6.07, 6.45) is 0.966. The van der Waals surface area contributed by atoms with Gasteiger partial charge in [0.15, 0.2) is 0 Å². The predicted octanol–water partition coefficient (Wildman–Crippen LogP) is -0.859. The van der Waals surface area contributed by atoms with Crippen molar-refractivity contribution in [2.24, 2.45) is 0 Å². The van der Waals surface area contributed by atoms with Gasteiger partial charge in [-0.05, 0) is 6.42 Å². The van der Waals surface area contributed by atoms with Crippen molar-refractivity contribution in [2.75, 3.05) is 59.0 Å². The number of hydrogen-bond donors (Lipinski definition) is 1. The lowest BCUT2D eigenvalue weighted by Crippen LogP contribution is -2.48. The topological polar surface area (TPSA) is 44.8 Å². The van der Waals surface area contributed by atoms with Gasteiger partial charge in [-0.1, -0.05) is 0 Å². The van der Waals surface area contributed by atoms with Crippen LogP contribution >= 0.6 is 0 Å². The second kappa shape index (κ2) is 6.18. The number of nitrogens with zero attached hydrogens (tertiary/aromatic N) is 2. The Bertz CT molecular complexity index is 221. The summed E-state index contributed by atoms with van der Waals surface area (Å²) in [7, 11) is 0. The van der Waals surface area contributed by atoms with Crippen LogP contribution in [0.15, 0.2) is 0 Å². The SMILES string of the molecule is O=C(CN1CCNCC1)N1CCCOCC1. The fourth-order valence-electron chi connectivity index (χ4n) is 2.16. The highest BCUT2D eigenvalue weighted by atomic mass is 16.5. The molecular weight excluding hydrogens is 206 g/mol. The molecule has 92 valence electrons. The zero-order chi connectivity index (χ0) is 11.2. The molecule has 0 unspecified atom stereocenters. The maximum atomic E-state index is 12.0. The molecular formula is C11H21N3O2. The van der Waals surface area contributed by atoms with Crippen molar-refractivity contribution in [1.82, 2.24) is 15.1 Å². The van der Waals surface area contributed by atoms with Gasteiger partial charge in [0, 0.05) is 45.9 Å². The third-order valence-electron chi connectivity index (χ3n) is 3.14. The Labute approximate surface area is 96.7 Å². The van der Waals surface area contributed by atoms with Crippen LogP contribution in [-0.4, -0.2) is 74.7 Å². The summed E-state index contributed by atoms with van der Waals surface area (Å²) in [5, 5.41) is 3.29. The van der Waals surface area contributed by atoms with Crippen molar-refractivity contribution in [3.05, 3.63) is 0 Å². The maximum absolute atomic E-state index is 12.0. The molecule has 0 bridgehead atoms. The first kappa shape index (κ1) is 11.8. The smallest absolute Gasteiger partial charge is 0.236 e. The second-order valence-corrected chi connectivity index (χ2v) is 4.37. The Balaban J connectivity index is 1.76. The van der Waals surface area contributed by atoms with Crippen molar-refractivity contribution in [3.8, 4) is 0 Å². The number of hydrogen-bond acceptors (Lipinski definition) is 4. The Morgan fingerprint density at radius 3 is 2.75 bits per heavy atom. The lowest BCUT2D eigenvalue weighted by atomic mass is 10.3. The Hall–Kier alpha value is -0.650. The molecule has 0 aromatic carbocycles. The molecule has 2 rings (SSSR count). The lowest BCUT2D eigenvalue weighted by molar-refractivity contribution is -0.132. The number of amides is 1. The first-order valence-corrected chi connectivity index (χ1v) is 6.15. The van der Waals surface area contributed by atoms with Crippen molar-refractivity contribution >= 4 is 5.91 Å². The van der Waals surface area contributed by atoms with Gasteiger partial charge in [0.05, 0.1) is 13.2 Å². The summed E-state index contributed by atoms with van der Waals surface area (Å²) in [6.45, 7) is 7.61. The van der Waals surface area contributed by atoms with E-state index >= 15 is 0 Å². The van der Waals surface area contributed by atoms with Gasteiger partial charge in [0.1, 0.15) is 0 Å². The van der Waals surface area contributed by atoms with Gasteiger partial charge in [-0.3, -0.25) is 9.69 Å². The minimum atomic E-state index is 0.257. The molecule has 0 spiro atoms. The molecule has 0 aliphatic carbocycles. The van der Waals surface area contributed by atoms with E-state index in [1.54, 1.807) is 0 Å². The van der Waals surface area contributed by atoms with Crippen LogP contribution in [0.5, 0.6) is 0 Å². The Morgan fingerprint density at radius 1 is 1.12 bits per heavy atom. The minimum absolute atomic E-state index is 0.257. The molecule has 0 aromatic rings. The van der Waals surface area contributed by atoms with E-state index in [2.05, 4.69) is 10.2 Å². The molecule has 2 fully saturated rings. The summed E-state index contributed by atoms with van der Waals surface area (Å²) in [6, 6.07) is 0. The molecule has 2 heterocycles. The van der Waals surface area contributed by atoms with E-state index in [4.69, 9.17) is 4.74 Å². The monoisotopic (exact) mass is 227 g/mol. The largest absolute Gasteiger partial charge is 0.380 e. The first-order chi connectivity index (χ1) is 7.86. The van der Waals surface area contributed by atoms with E-state index in [0.29, 0.717) is 13.2 Å². The van der Waals surface area contributed by atoms with E-state index in [1.807, 2.05) is 4.90 Å². The molecule has 5 heteroatoms. The summed E-state index contributed by atoms with van der Waals surface area (Å²) in [4.78, 5) is 16.2. The van der Waals surface area contributed by atoms with Crippen LogP contribution in [-0.2, 0) is 9.53 Å². The molecule has 0 atom stereocenters. The summed E-state index contributed by atoms with van der Waals surface area (Å²) >= 11 is 0. The van der Waals surface area contributed by atoms with E-state index in [0.717, 1.165) is 52.3 Å². The third-order valence-corrected chi connectivity index (χ3v) is 3.14.